The third kappa shape index (κ3) is 3.75. The van der Waals surface area contributed by atoms with Crippen molar-refractivity contribution >= 4 is 18.0 Å². The zero-order valence-electron chi connectivity index (χ0n) is 11.9. The van der Waals surface area contributed by atoms with Crippen molar-refractivity contribution < 1.29 is 24.2 Å². The van der Waals surface area contributed by atoms with E-state index in [1.807, 2.05) is 6.07 Å². The summed E-state index contributed by atoms with van der Waals surface area (Å²) in [6.45, 7) is 1.94. The van der Waals surface area contributed by atoms with E-state index in [0.29, 0.717) is 11.5 Å². The first-order valence-electron chi connectivity index (χ1n) is 6.53. The minimum absolute atomic E-state index is 0.166. The normalized spacial score (nSPS) is 14.2. The minimum atomic E-state index is -0.922. The van der Waals surface area contributed by atoms with E-state index < -0.39 is 11.9 Å². The molecule has 0 spiro atoms. The highest BCUT2D eigenvalue weighted by atomic mass is 16.7. The molecule has 0 saturated heterocycles. The highest BCUT2D eigenvalue weighted by molar-refractivity contribution is 5.92. The minimum Gasteiger partial charge on any atom is -0.481 e. The van der Waals surface area contributed by atoms with Gasteiger partial charge in [0.25, 0.3) is 0 Å². The monoisotopic (exact) mass is 291 g/mol. The molecule has 1 aliphatic heterocycles. The van der Waals surface area contributed by atoms with Gasteiger partial charge < -0.3 is 19.5 Å². The Morgan fingerprint density at radius 3 is 2.81 bits per heavy atom. The van der Waals surface area contributed by atoms with Crippen LogP contribution in [0.4, 0.5) is 0 Å². The zero-order valence-corrected chi connectivity index (χ0v) is 11.9. The van der Waals surface area contributed by atoms with Crippen molar-refractivity contribution in [3.8, 4) is 11.5 Å². The molecule has 1 atom stereocenters. The molecule has 0 aliphatic carbocycles. The quantitative estimate of drug-likeness (QED) is 0.834. The van der Waals surface area contributed by atoms with Gasteiger partial charge in [-0.1, -0.05) is 13.0 Å². The number of hydrogen-bond donors (Lipinski definition) is 1. The molecule has 0 aromatic heterocycles. The van der Waals surface area contributed by atoms with Crippen LogP contribution in [-0.2, 0) is 9.59 Å². The topological polar surface area (TPSA) is 76.1 Å². The van der Waals surface area contributed by atoms with E-state index in [9.17, 15) is 9.59 Å². The van der Waals surface area contributed by atoms with Crippen LogP contribution in [0.15, 0.2) is 24.3 Å². The number of carbonyl (C=O) groups is 2. The number of nitrogens with zero attached hydrogens (tertiary/aromatic N) is 1. The number of fused-ring (bicyclic) bond motifs is 1. The molecule has 1 aliphatic rings. The summed E-state index contributed by atoms with van der Waals surface area (Å²) >= 11 is 0. The number of aliphatic carboxylic acids is 1. The number of hydrogen-bond acceptors (Lipinski definition) is 4. The van der Waals surface area contributed by atoms with Gasteiger partial charge in [-0.3, -0.25) is 9.59 Å². The van der Waals surface area contributed by atoms with Crippen molar-refractivity contribution in [3.05, 3.63) is 29.8 Å². The molecule has 1 heterocycles. The molecule has 0 unspecified atom stereocenters. The van der Waals surface area contributed by atoms with Crippen molar-refractivity contribution in [2.45, 2.75) is 6.92 Å². The zero-order chi connectivity index (χ0) is 15.4. The standard InChI is InChI=1S/C15H17NO5/c1-10(15(18)19)8-16(2)14(17)6-4-11-3-5-12-13(7-11)21-9-20-12/h3-7,10H,8-9H2,1-2H3,(H,18,19)/b6-4-/t10-/m1/s1. The number of carbonyl (C=O) groups excluding carboxylic acids is 1. The first-order valence-corrected chi connectivity index (χ1v) is 6.53. The van der Waals surface area contributed by atoms with E-state index in [0.717, 1.165) is 5.56 Å². The maximum Gasteiger partial charge on any atom is 0.308 e. The summed E-state index contributed by atoms with van der Waals surface area (Å²) in [6.07, 6.45) is 3.07. The first-order chi connectivity index (χ1) is 9.97. The van der Waals surface area contributed by atoms with Crippen LogP contribution in [0.25, 0.3) is 6.08 Å². The van der Waals surface area contributed by atoms with E-state index in [1.165, 1.54) is 11.0 Å². The van der Waals surface area contributed by atoms with Gasteiger partial charge in [-0.2, -0.15) is 0 Å². The molecule has 112 valence electrons. The van der Waals surface area contributed by atoms with Crippen molar-refractivity contribution in [3.63, 3.8) is 0 Å². The molecule has 0 bridgehead atoms. The van der Waals surface area contributed by atoms with Gasteiger partial charge in [-0.05, 0) is 23.8 Å². The molecule has 6 heteroatoms. The lowest BCUT2D eigenvalue weighted by Gasteiger charge is -2.17. The SMILES string of the molecule is C[C@H](CN(C)C(=O)/C=C\c1ccc2c(c1)OCO2)C(=O)O. The molecule has 1 aromatic carbocycles. The van der Waals surface area contributed by atoms with Gasteiger partial charge in [0, 0.05) is 19.7 Å². The predicted molar refractivity (Wildman–Crippen MR) is 76.0 cm³/mol. The summed E-state index contributed by atoms with van der Waals surface area (Å²) in [4.78, 5) is 24.0. The van der Waals surface area contributed by atoms with Crippen molar-refractivity contribution in [1.82, 2.24) is 4.90 Å². The maximum atomic E-state index is 11.9. The molecule has 0 radical (unpaired) electrons. The lowest BCUT2D eigenvalue weighted by Crippen LogP contribution is -2.32. The van der Waals surface area contributed by atoms with Gasteiger partial charge in [-0.15, -0.1) is 0 Å². The van der Waals surface area contributed by atoms with Crippen LogP contribution in [0.3, 0.4) is 0 Å². The van der Waals surface area contributed by atoms with Gasteiger partial charge in [0.2, 0.25) is 12.7 Å². The maximum absolute atomic E-state index is 11.9. The van der Waals surface area contributed by atoms with Crippen LogP contribution in [0, 0.1) is 5.92 Å². The number of benzene rings is 1. The van der Waals surface area contributed by atoms with Crippen LogP contribution in [0.2, 0.25) is 0 Å². The Hall–Kier alpha value is -2.50. The lowest BCUT2D eigenvalue weighted by atomic mass is 10.1. The summed E-state index contributed by atoms with van der Waals surface area (Å²) < 4.78 is 10.5. The number of carboxylic acids is 1. The summed E-state index contributed by atoms with van der Waals surface area (Å²) in [7, 11) is 1.58. The number of rotatable bonds is 5. The van der Waals surface area contributed by atoms with Crippen LogP contribution in [0.5, 0.6) is 11.5 Å². The Morgan fingerprint density at radius 1 is 1.38 bits per heavy atom. The number of amides is 1. The van der Waals surface area contributed by atoms with Gasteiger partial charge in [-0.25, -0.2) is 0 Å². The third-order valence-corrected chi connectivity index (χ3v) is 3.16. The van der Waals surface area contributed by atoms with Crippen LogP contribution in [-0.4, -0.2) is 42.3 Å². The highest BCUT2D eigenvalue weighted by Gasteiger charge is 2.16. The molecular formula is C15H17NO5. The Balaban J connectivity index is 1.97. The molecule has 1 amide bonds. The highest BCUT2D eigenvalue weighted by Crippen LogP contribution is 2.32. The summed E-state index contributed by atoms with van der Waals surface area (Å²) in [5, 5.41) is 8.83. The molecule has 0 saturated carbocycles. The molecular weight excluding hydrogens is 274 g/mol. The van der Waals surface area contributed by atoms with Gasteiger partial charge >= 0.3 is 5.97 Å². The van der Waals surface area contributed by atoms with Crippen molar-refractivity contribution in [2.24, 2.45) is 5.92 Å². The van der Waals surface area contributed by atoms with Crippen LogP contribution in [0.1, 0.15) is 12.5 Å². The van der Waals surface area contributed by atoms with Crippen LogP contribution < -0.4 is 9.47 Å². The summed E-state index contributed by atoms with van der Waals surface area (Å²) in [5.74, 6) is -0.434. The molecule has 1 N–H and O–H groups in total. The Labute approximate surface area is 122 Å². The molecule has 0 fully saturated rings. The molecule has 1 aromatic rings. The van der Waals surface area contributed by atoms with Gasteiger partial charge in [0.15, 0.2) is 11.5 Å². The second-order valence-corrected chi connectivity index (χ2v) is 4.90. The Morgan fingerprint density at radius 2 is 2.10 bits per heavy atom. The first kappa shape index (κ1) is 14.9. The average molecular weight is 291 g/mol. The van der Waals surface area contributed by atoms with E-state index >= 15 is 0 Å². The van der Waals surface area contributed by atoms with E-state index in [2.05, 4.69) is 0 Å². The van der Waals surface area contributed by atoms with E-state index in [4.69, 9.17) is 14.6 Å². The van der Waals surface area contributed by atoms with Gasteiger partial charge in [0.1, 0.15) is 0 Å². The van der Waals surface area contributed by atoms with E-state index in [1.54, 1.807) is 32.2 Å². The molecule has 6 nitrogen and oxygen atoms in total. The van der Waals surface area contributed by atoms with Crippen LogP contribution >= 0.6 is 0 Å². The average Bonchev–Trinajstić information content (AvgIpc) is 2.91. The molecule has 21 heavy (non-hydrogen) atoms. The number of ether oxygens (including phenoxy) is 2. The fraction of sp³-hybridized carbons (Fsp3) is 0.333. The smallest absolute Gasteiger partial charge is 0.308 e. The predicted octanol–water partition coefficient (Wildman–Crippen LogP) is 1.61. The Kier molecular flexibility index (Phi) is 4.47. The number of likely N-dealkylation sites (N-methyl/N-ethyl adjacent to an activating group) is 1. The second kappa shape index (κ2) is 6.30. The Bertz CT molecular complexity index is 581. The summed E-state index contributed by atoms with van der Waals surface area (Å²) in [6, 6.07) is 5.38. The van der Waals surface area contributed by atoms with Crippen molar-refractivity contribution in [2.75, 3.05) is 20.4 Å². The fourth-order valence-corrected chi connectivity index (χ4v) is 1.89. The lowest BCUT2D eigenvalue weighted by molar-refractivity contribution is -0.142. The number of carboxylic acid groups (broad SMARTS) is 1. The van der Waals surface area contributed by atoms with Crippen molar-refractivity contribution in [1.29, 1.82) is 0 Å². The van der Waals surface area contributed by atoms with E-state index in [-0.39, 0.29) is 19.2 Å². The van der Waals surface area contributed by atoms with Gasteiger partial charge in [0.05, 0.1) is 5.92 Å². The second-order valence-electron chi connectivity index (χ2n) is 4.90. The largest absolute Gasteiger partial charge is 0.481 e. The fourth-order valence-electron chi connectivity index (χ4n) is 1.89. The summed E-state index contributed by atoms with van der Waals surface area (Å²) in [5.41, 5.74) is 0.812. The molecule has 2 rings (SSSR count). The third-order valence-electron chi connectivity index (χ3n) is 3.16.